The van der Waals surface area contributed by atoms with E-state index in [2.05, 4.69) is 9.72 Å². The normalized spacial score (nSPS) is 10.0. The number of carbonyl (C=O) groups is 1. The molecule has 0 aliphatic carbocycles. The number of carbonyl (C=O) groups excluding carboxylic acids is 1. The molecule has 0 aliphatic rings. The van der Waals surface area contributed by atoms with Gasteiger partial charge in [0.15, 0.2) is 11.6 Å². The summed E-state index contributed by atoms with van der Waals surface area (Å²) in [6.07, 6.45) is -1.34. The van der Waals surface area contributed by atoms with Gasteiger partial charge < -0.3 is 15.2 Å². The minimum atomic E-state index is -1.34. The smallest absolute Gasteiger partial charge is 0.411 e. The van der Waals surface area contributed by atoms with Crippen LogP contribution in [-0.2, 0) is 6.61 Å². The zero-order valence-electron chi connectivity index (χ0n) is 11.3. The molecule has 2 rings (SSSR count). The summed E-state index contributed by atoms with van der Waals surface area (Å²) >= 11 is 0. The van der Waals surface area contributed by atoms with Crippen LogP contribution in [0.25, 0.3) is 0 Å². The third kappa shape index (κ3) is 3.88. The standard InChI is InChI=1S/C14H8F3N3O3/c15-9-3-7(5-18)1-2-8(9)6-22-12-10(16)4-11(17)13(20-12)23-14(19)21/h1-4H,6H2,(H2,19,21). The number of nitriles is 1. The first-order chi connectivity index (χ1) is 10.9. The SMILES string of the molecule is N#Cc1ccc(COc2nc(OC(N)=O)c(F)cc2F)c(F)c1. The molecule has 1 aromatic heterocycles. The highest BCUT2D eigenvalue weighted by molar-refractivity contribution is 5.67. The van der Waals surface area contributed by atoms with Gasteiger partial charge in [0.05, 0.1) is 11.6 Å². The Balaban J connectivity index is 2.20. The summed E-state index contributed by atoms with van der Waals surface area (Å²) in [7, 11) is 0. The Morgan fingerprint density at radius 1 is 1.17 bits per heavy atom. The lowest BCUT2D eigenvalue weighted by Gasteiger charge is -2.09. The number of benzene rings is 1. The minimum absolute atomic E-state index is 0.0203. The van der Waals surface area contributed by atoms with Crippen LogP contribution in [-0.4, -0.2) is 11.1 Å². The molecule has 2 N–H and O–H groups in total. The summed E-state index contributed by atoms with van der Waals surface area (Å²) in [5, 5.41) is 8.63. The number of ether oxygens (including phenoxy) is 2. The van der Waals surface area contributed by atoms with Crippen molar-refractivity contribution in [1.82, 2.24) is 4.98 Å². The van der Waals surface area contributed by atoms with Gasteiger partial charge in [-0.1, -0.05) is 6.07 Å². The second kappa shape index (κ2) is 6.65. The highest BCUT2D eigenvalue weighted by Gasteiger charge is 2.16. The van der Waals surface area contributed by atoms with Gasteiger partial charge in [-0.25, -0.2) is 18.0 Å². The molecule has 0 spiro atoms. The summed E-state index contributed by atoms with van der Waals surface area (Å²) in [5.74, 6) is -4.73. The molecule has 0 aliphatic heterocycles. The number of aromatic nitrogens is 1. The molecular formula is C14H8F3N3O3. The summed E-state index contributed by atoms with van der Waals surface area (Å²) in [6.45, 7) is -0.441. The van der Waals surface area contributed by atoms with E-state index >= 15 is 0 Å². The Bertz CT molecular complexity index is 806. The maximum Gasteiger partial charge on any atom is 0.411 e. The van der Waals surface area contributed by atoms with E-state index in [-0.39, 0.29) is 11.1 Å². The molecule has 1 amide bonds. The number of rotatable bonds is 4. The second-order valence-corrected chi connectivity index (χ2v) is 4.19. The number of amides is 1. The molecule has 1 aromatic carbocycles. The molecule has 0 saturated carbocycles. The van der Waals surface area contributed by atoms with Crippen LogP contribution in [0.15, 0.2) is 24.3 Å². The molecule has 23 heavy (non-hydrogen) atoms. The topological polar surface area (TPSA) is 98.2 Å². The monoisotopic (exact) mass is 323 g/mol. The van der Waals surface area contributed by atoms with Crippen LogP contribution in [0.5, 0.6) is 11.8 Å². The van der Waals surface area contributed by atoms with Crippen molar-refractivity contribution in [2.45, 2.75) is 6.61 Å². The zero-order chi connectivity index (χ0) is 17.0. The van der Waals surface area contributed by atoms with Gasteiger partial charge >= 0.3 is 6.09 Å². The lowest BCUT2D eigenvalue weighted by atomic mass is 10.1. The first kappa shape index (κ1) is 16.1. The third-order valence-corrected chi connectivity index (χ3v) is 2.61. The maximum atomic E-state index is 13.7. The van der Waals surface area contributed by atoms with Gasteiger partial charge in [-0.3, -0.25) is 0 Å². The Morgan fingerprint density at radius 2 is 1.87 bits per heavy atom. The average molecular weight is 323 g/mol. The Kier molecular flexibility index (Phi) is 4.66. The predicted molar refractivity (Wildman–Crippen MR) is 69.8 cm³/mol. The summed E-state index contributed by atoms with van der Waals surface area (Å²) in [5.41, 5.74) is 4.84. The van der Waals surface area contributed by atoms with Crippen molar-refractivity contribution in [2.75, 3.05) is 0 Å². The van der Waals surface area contributed by atoms with Gasteiger partial charge in [0, 0.05) is 11.6 Å². The molecule has 0 unspecified atom stereocenters. The van der Waals surface area contributed by atoms with Crippen molar-refractivity contribution >= 4 is 6.09 Å². The van der Waals surface area contributed by atoms with E-state index in [1.54, 1.807) is 6.07 Å². The lowest BCUT2D eigenvalue weighted by molar-refractivity contribution is 0.204. The number of hydrogen-bond acceptors (Lipinski definition) is 5. The average Bonchev–Trinajstić information content (AvgIpc) is 2.49. The molecule has 0 fully saturated rings. The summed E-state index contributed by atoms with van der Waals surface area (Å²) in [6, 6.07) is 5.74. The fraction of sp³-hybridized carbons (Fsp3) is 0.0714. The molecule has 2 aromatic rings. The summed E-state index contributed by atoms with van der Waals surface area (Å²) < 4.78 is 49.7. The Labute approximate surface area is 127 Å². The highest BCUT2D eigenvalue weighted by atomic mass is 19.1. The van der Waals surface area contributed by atoms with Crippen molar-refractivity contribution in [2.24, 2.45) is 5.73 Å². The van der Waals surface area contributed by atoms with E-state index in [1.807, 2.05) is 0 Å². The molecule has 9 heteroatoms. The number of nitrogens with two attached hydrogens (primary N) is 1. The molecule has 118 valence electrons. The highest BCUT2D eigenvalue weighted by Crippen LogP contribution is 2.23. The van der Waals surface area contributed by atoms with Crippen LogP contribution in [0.1, 0.15) is 11.1 Å². The van der Waals surface area contributed by atoms with Crippen LogP contribution in [0.3, 0.4) is 0 Å². The van der Waals surface area contributed by atoms with E-state index in [0.29, 0.717) is 6.07 Å². The van der Waals surface area contributed by atoms with Gasteiger partial charge in [-0.05, 0) is 12.1 Å². The fourth-order valence-electron chi connectivity index (χ4n) is 1.58. The van der Waals surface area contributed by atoms with Crippen LogP contribution in [0, 0.1) is 28.8 Å². The van der Waals surface area contributed by atoms with Gasteiger partial charge in [0.1, 0.15) is 12.4 Å². The molecule has 6 nitrogen and oxygen atoms in total. The maximum absolute atomic E-state index is 13.7. The number of halogens is 3. The molecule has 0 saturated heterocycles. The lowest BCUT2D eigenvalue weighted by Crippen LogP contribution is -2.18. The molecule has 0 atom stereocenters. The number of primary amides is 1. The van der Waals surface area contributed by atoms with Crippen LogP contribution >= 0.6 is 0 Å². The molecular weight excluding hydrogens is 315 g/mol. The van der Waals surface area contributed by atoms with Gasteiger partial charge in [-0.15, -0.1) is 0 Å². The van der Waals surface area contributed by atoms with E-state index in [0.717, 1.165) is 6.07 Å². The molecule has 0 radical (unpaired) electrons. The van der Waals surface area contributed by atoms with E-state index in [1.165, 1.54) is 12.1 Å². The zero-order valence-corrected chi connectivity index (χ0v) is 11.3. The van der Waals surface area contributed by atoms with Crippen molar-refractivity contribution < 1.29 is 27.4 Å². The second-order valence-electron chi connectivity index (χ2n) is 4.19. The third-order valence-electron chi connectivity index (χ3n) is 2.61. The fourth-order valence-corrected chi connectivity index (χ4v) is 1.58. The van der Waals surface area contributed by atoms with Crippen LogP contribution in [0.4, 0.5) is 18.0 Å². The molecule has 0 bridgehead atoms. The summed E-state index contributed by atoms with van der Waals surface area (Å²) in [4.78, 5) is 13.9. The number of hydrogen-bond donors (Lipinski definition) is 1. The van der Waals surface area contributed by atoms with Gasteiger partial charge in [0.25, 0.3) is 11.8 Å². The molecule has 1 heterocycles. The minimum Gasteiger partial charge on any atom is -0.471 e. The van der Waals surface area contributed by atoms with Crippen LogP contribution < -0.4 is 15.2 Å². The van der Waals surface area contributed by atoms with E-state index < -0.39 is 41.9 Å². The predicted octanol–water partition coefficient (Wildman–Crippen LogP) is 2.41. The largest absolute Gasteiger partial charge is 0.471 e. The van der Waals surface area contributed by atoms with Crippen molar-refractivity contribution in [3.8, 4) is 17.8 Å². The van der Waals surface area contributed by atoms with Crippen molar-refractivity contribution in [3.63, 3.8) is 0 Å². The first-order valence-electron chi connectivity index (χ1n) is 6.05. The van der Waals surface area contributed by atoms with Crippen molar-refractivity contribution in [3.05, 3.63) is 52.8 Å². The van der Waals surface area contributed by atoms with Crippen LogP contribution in [0.2, 0.25) is 0 Å². The van der Waals surface area contributed by atoms with Gasteiger partial charge in [-0.2, -0.15) is 10.2 Å². The quantitative estimate of drug-likeness (QED) is 0.931. The Morgan fingerprint density at radius 3 is 2.48 bits per heavy atom. The first-order valence-corrected chi connectivity index (χ1v) is 6.05. The van der Waals surface area contributed by atoms with Gasteiger partial charge in [0.2, 0.25) is 0 Å². The Hall–Kier alpha value is -3.28. The van der Waals surface area contributed by atoms with E-state index in [4.69, 9.17) is 15.7 Å². The van der Waals surface area contributed by atoms with Crippen molar-refractivity contribution in [1.29, 1.82) is 5.26 Å². The number of pyridine rings is 1. The number of nitrogens with zero attached hydrogens (tertiary/aromatic N) is 2. The van der Waals surface area contributed by atoms with E-state index in [9.17, 15) is 18.0 Å².